The summed E-state index contributed by atoms with van der Waals surface area (Å²) >= 11 is 0. The molecule has 2 rings (SSSR count). The second-order valence-electron chi connectivity index (χ2n) is 5.15. The van der Waals surface area contributed by atoms with Crippen LogP contribution in [-0.2, 0) is 6.42 Å². The summed E-state index contributed by atoms with van der Waals surface area (Å²) in [5.74, 6) is 1.65. The highest BCUT2D eigenvalue weighted by Crippen LogP contribution is 2.31. The lowest BCUT2D eigenvalue weighted by Crippen LogP contribution is -2.49. The molecule has 1 fully saturated rings. The Bertz CT molecular complexity index is 365. The van der Waals surface area contributed by atoms with Gasteiger partial charge < -0.3 is 10.6 Å². The van der Waals surface area contributed by atoms with Crippen LogP contribution in [-0.4, -0.2) is 13.1 Å². The highest BCUT2D eigenvalue weighted by Gasteiger charge is 2.29. The van der Waals surface area contributed by atoms with E-state index in [0.717, 1.165) is 23.9 Å². The average Bonchev–Trinajstić information content (AvgIpc) is 2.15. The third-order valence-electron chi connectivity index (χ3n) is 3.73. The molecule has 1 heterocycles. The predicted octanol–water partition coefficient (Wildman–Crippen LogP) is 2.92. The van der Waals surface area contributed by atoms with Gasteiger partial charge in [-0.15, -0.1) is 0 Å². The highest BCUT2D eigenvalue weighted by molar-refractivity contribution is 5.61. The SMILES string of the molecule is CCc1ccc(N2CC(C(C)C)C2)cc1N. The third kappa shape index (κ3) is 2.01. The van der Waals surface area contributed by atoms with Crippen molar-refractivity contribution >= 4 is 11.4 Å². The van der Waals surface area contributed by atoms with Crippen molar-refractivity contribution in [3.05, 3.63) is 23.8 Å². The zero-order chi connectivity index (χ0) is 11.7. The van der Waals surface area contributed by atoms with Crippen molar-refractivity contribution in [2.45, 2.75) is 27.2 Å². The minimum atomic E-state index is 0.795. The smallest absolute Gasteiger partial charge is 0.0387 e. The van der Waals surface area contributed by atoms with Gasteiger partial charge in [0.15, 0.2) is 0 Å². The molecule has 0 unspecified atom stereocenters. The molecule has 0 atom stereocenters. The Kier molecular flexibility index (Phi) is 3.08. The molecule has 0 radical (unpaired) electrons. The zero-order valence-electron chi connectivity index (χ0n) is 10.5. The topological polar surface area (TPSA) is 29.3 Å². The van der Waals surface area contributed by atoms with Gasteiger partial charge in [-0.3, -0.25) is 0 Å². The fourth-order valence-electron chi connectivity index (χ4n) is 2.25. The molecule has 1 aliphatic heterocycles. The van der Waals surface area contributed by atoms with Crippen LogP contribution < -0.4 is 10.6 Å². The fraction of sp³-hybridized carbons (Fsp3) is 0.571. The van der Waals surface area contributed by atoms with Crippen molar-refractivity contribution in [2.24, 2.45) is 11.8 Å². The van der Waals surface area contributed by atoms with E-state index in [1.165, 1.54) is 24.3 Å². The Morgan fingerprint density at radius 1 is 1.38 bits per heavy atom. The first-order valence-electron chi connectivity index (χ1n) is 6.25. The molecule has 0 aliphatic carbocycles. The van der Waals surface area contributed by atoms with Crippen LogP contribution in [0.25, 0.3) is 0 Å². The van der Waals surface area contributed by atoms with E-state index in [9.17, 15) is 0 Å². The zero-order valence-corrected chi connectivity index (χ0v) is 10.5. The molecule has 16 heavy (non-hydrogen) atoms. The average molecular weight is 218 g/mol. The quantitative estimate of drug-likeness (QED) is 0.790. The third-order valence-corrected chi connectivity index (χ3v) is 3.73. The van der Waals surface area contributed by atoms with E-state index in [1.54, 1.807) is 0 Å². The van der Waals surface area contributed by atoms with Gasteiger partial charge in [-0.2, -0.15) is 0 Å². The lowest BCUT2D eigenvalue weighted by molar-refractivity contribution is 0.310. The van der Waals surface area contributed by atoms with Gasteiger partial charge in [-0.25, -0.2) is 0 Å². The molecule has 0 aromatic heterocycles. The van der Waals surface area contributed by atoms with Crippen molar-refractivity contribution < 1.29 is 0 Å². The van der Waals surface area contributed by atoms with E-state index >= 15 is 0 Å². The number of nitrogen functional groups attached to an aromatic ring is 1. The van der Waals surface area contributed by atoms with Crippen LogP contribution in [0.3, 0.4) is 0 Å². The number of nitrogens with zero attached hydrogens (tertiary/aromatic N) is 1. The molecule has 2 heteroatoms. The lowest BCUT2D eigenvalue weighted by atomic mass is 9.88. The molecule has 0 saturated carbocycles. The van der Waals surface area contributed by atoms with Crippen molar-refractivity contribution in [2.75, 3.05) is 23.7 Å². The molecule has 1 aromatic rings. The van der Waals surface area contributed by atoms with Crippen LogP contribution in [0.2, 0.25) is 0 Å². The van der Waals surface area contributed by atoms with Crippen molar-refractivity contribution in [1.82, 2.24) is 0 Å². The minimum absolute atomic E-state index is 0.795. The van der Waals surface area contributed by atoms with E-state index in [4.69, 9.17) is 5.73 Å². The van der Waals surface area contributed by atoms with E-state index in [-0.39, 0.29) is 0 Å². The van der Waals surface area contributed by atoms with Gasteiger partial charge >= 0.3 is 0 Å². The normalized spacial score (nSPS) is 16.6. The largest absolute Gasteiger partial charge is 0.398 e. The molecule has 2 N–H and O–H groups in total. The molecule has 0 spiro atoms. The maximum atomic E-state index is 6.02. The maximum absolute atomic E-state index is 6.02. The lowest BCUT2D eigenvalue weighted by Gasteiger charge is -2.43. The summed E-state index contributed by atoms with van der Waals surface area (Å²) in [7, 11) is 0. The number of hydrogen-bond donors (Lipinski definition) is 1. The number of rotatable bonds is 3. The van der Waals surface area contributed by atoms with Gasteiger partial charge in [0.2, 0.25) is 0 Å². The van der Waals surface area contributed by atoms with Gasteiger partial charge in [-0.1, -0.05) is 26.8 Å². The van der Waals surface area contributed by atoms with E-state index < -0.39 is 0 Å². The minimum Gasteiger partial charge on any atom is -0.398 e. The highest BCUT2D eigenvalue weighted by atomic mass is 15.2. The number of benzene rings is 1. The van der Waals surface area contributed by atoms with Gasteiger partial charge in [0, 0.05) is 24.5 Å². The fourth-order valence-corrected chi connectivity index (χ4v) is 2.25. The standard InChI is InChI=1S/C14H22N2/c1-4-11-5-6-13(7-14(11)15)16-8-12(9-16)10(2)3/h5-7,10,12H,4,8-9,15H2,1-3H3. The summed E-state index contributed by atoms with van der Waals surface area (Å²) < 4.78 is 0. The second kappa shape index (κ2) is 4.36. The van der Waals surface area contributed by atoms with Crippen molar-refractivity contribution in [3.8, 4) is 0 Å². The van der Waals surface area contributed by atoms with Gasteiger partial charge in [0.25, 0.3) is 0 Å². The van der Waals surface area contributed by atoms with Crippen molar-refractivity contribution in [3.63, 3.8) is 0 Å². The first-order valence-corrected chi connectivity index (χ1v) is 6.25. The molecular formula is C14H22N2. The molecule has 2 nitrogen and oxygen atoms in total. The van der Waals surface area contributed by atoms with Gasteiger partial charge in [0.1, 0.15) is 0 Å². The second-order valence-corrected chi connectivity index (χ2v) is 5.15. The van der Waals surface area contributed by atoms with E-state index in [0.29, 0.717) is 0 Å². The van der Waals surface area contributed by atoms with E-state index in [1.807, 2.05) is 0 Å². The molecule has 1 saturated heterocycles. The summed E-state index contributed by atoms with van der Waals surface area (Å²) in [6.45, 7) is 9.11. The monoisotopic (exact) mass is 218 g/mol. The first kappa shape index (κ1) is 11.3. The summed E-state index contributed by atoms with van der Waals surface area (Å²) in [4.78, 5) is 2.42. The summed E-state index contributed by atoms with van der Waals surface area (Å²) in [6.07, 6.45) is 1.01. The van der Waals surface area contributed by atoms with Crippen LogP contribution in [0.15, 0.2) is 18.2 Å². The summed E-state index contributed by atoms with van der Waals surface area (Å²) in [5.41, 5.74) is 9.49. The number of hydrogen-bond acceptors (Lipinski definition) is 2. The Morgan fingerprint density at radius 2 is 2.06 bits per heavy atom. The number of anilines is 2. The molecule has 1 aromatic carbocycles. The Morgan fingerprint density at radius 3 is 2.56 bits per heavy atom. The first-order chi connectivity index (χ1) is 7.61. The molecular weight excluding hydrogens is 196 g/mol. The molecule has 88 valence electrons. The van der Waals surface area contributed by atoms with Crippen LogP contribution in [0, 0.1) is 11.8 Å². The van der Waals surface area contributed by atoms with Gasteiger partial charge in [-0.05, 0) is 36.0 Å². The predicted molar refractivity (Wildman–Crippen MR) is 70.8 cm³/mol. The van der Waals surface area contributed by atoms with Crippen LogP contribution in [0.1, 0.15) is 26.3 Å². The Balaban J connectivity index is 2.04. The van der Waals surface area contributed by atoms with Crippen LogP contribution >= 0.6 is 0 Å². The molecule has 0 amide bonds. The molecule has 0 bridgehead atoms. The van der Waals surface area contributed by atoms with Crippen molar-refractivity contribution in [1.29, 1.82) is 0 Å². The van der Waals surface area contributed by atoms with Crippen LogP contribution in [0.5, 0.6) is 0 Å². The Hall–Kier alpha value is -1.18. The van der Waals surface area contributed by atoms with E-state index in [2.05, 4.69) is 43.9 Å². The Labute approximate surface area is 98.4 Å². The number of aryl methyl sites for hydroxylation is 1. The number of nitrogens with two attached hydrogens (primary N) is 1. The van der Waals surface area contributed by atoms with Gasteiger partial charge in [0.05, 0.1) is 0 Å². The summed E-state index contributed by atoms with van der Waals surface area (Å²) in [6, 6.07) is 6.48. The summed E-state index contributed by atoms with van der Waals surface area (Å²) in [5, 5.41) is 0. The molecule has 1 aliphatic rings. The van der Waals surface area contributed by atoms with Crippen LogP contribution in [0.4, 0.5) is 11.4 Å². The maximum Gasteiger partial charge on any atom is 0.0387 e.